The normalized spacial score (nSPS) is 15.2. The molecule has 0 saturated heterocycles. The third-order valence-electron chi connectivity index (χ3n) is 1.05. The van der Waals surface area contributed by atoms with E-state index < -0.39 is 6.64 Å². The van der Waals surface area contributed by atoms with Crippen molar-refractivity contribution < 1.29 is 9.42 Å². The van der Waals surface area contributed by atoms with Crippen molar-refractivity contribution in [1.29, 1.82) is 0 Å². The summed E-state index contributed by atoms with van der Waals surface area (Å²) in [5.41, 5.74) is 5.13. The van der Waals surface area contributed by atoms with Crippen molar-refractivity contribution in [3.8, 4) is 5.75 Å². The van der Waals surface area contributed by atoms with E-state index in [1.54, 1.807) is 24.3 Å². The van der Waals surface area contributed by atoms with Crippen LogP contribution in [0.4, 0.5) is 0 Å². The molecule has 12 heavy (non-hydrogen) atoms. The molecule has 3 nitrogen and oxygen atoms in total. The van der Waals surface area contributed by atoms with Crippen molar-refractivity contribution in [3.05, 3.63) is 29.3 Å². The zero-order valence-electron chi connectivity index (χ0n) is 5.98. The standard InChI is InChI=1S/C6H7ClNO2PS/c7-5-1-3-6(4-2-5)10-11(8,9)12/h1-4H,(H3,8,9,12). The van der Waals surface area contributed by atoms with Gasteiger partial charge in [-0.05, 0) is 36.1 Å². The summed E-state index contributed by atoms with van der Waals surface area (Å²) in [7, 11) is 0. The van der Waals surface area contributed by atoms with Gasteiger partial charge in [-0.2, -0.15) is 0 Å². The van der Waals surface area contributed by atoms with E-state index in [0.29, 0.717) is 10.8 Å². The number of hydrogen-bond acceptors (Lipinski definition) is 2. The molecule has 0 radical (unpaired) electrons. The Kier molecular flexibility index (Phi) is 3.09. The van der Waals surface area contributed by atoms with Crippen molar-refractivity contribution >= 4 is 30.1 Å². The smallest absolute Gasteiger partial charge is 0.307 e. The highest BCUT2D eigenvalue weighted by Gasteiger charge is 2.06. The molecule has 0 fully saturated rings. The van der Waals surface area contributed by atoms with Crippen molar-refractivity contribution in [1.82, 2.24) is 0 Å². The Morgan fingerprint density at radius 3 is 2.33 bits per heavy atom. The van der Waals surface area contributed by atoms with Crippen LogP contribution in [0.2, 0.25) is 5.02 Å². The highest BCUT2D eigenvalue weighted by Crippen LogP contribution is 2.34. The Balaban J connectivity index is 2.78. The number of halogens is 1. The van der Waals surface area contributed by atoms with E-state index in [1.807, 2.05) is 0 Å². The van der Waals surface area contributed by atoms with Crippen LogP contribution >= 0.6 is 18.2 Å². The third kappa shape index (κ3) is 3.52. The summed E-state index contributed by atoms with van der Waals surface area (Å²) in [6.45, 7) is -3.11. The summed E-state index contributed by atoms with van der Waals surface area (Å²) >= 11 is 10.1. The van der Waals surface area contributed by atoms with Gasteiger partial charge in [0.25, 0.3) is 0 Å². The van der Waals surface area contributed by atoms with E-state index in [0.717, 1.165) is 0 Å². The van der Waals surface area contributed by atoms with Gasteiger partial charge in [0, 0.05) is 5.02 Å². The van der Waals surface area contributed by atoms with Crippen LogP contribution in [0, 0.1) is 0 Å². The predicted molar refractivity (Wildman–Crippen MR) is 52.8 cm³/mol. The largest absolute Gasteiger partial charge is 0.433 e. The predicted octanol–water partition coefficient (Wildman–Crippen LogP) is 1.89. The second-order valence-corrected chi connectivity index (χ2v) is 5.43. The molecule has 3 N–H and O–H groups in total. The third-order valence-corrected chi connectivity index (χ3v) is 2.00. The van der Waals surface area contributed by atoms with Crippen LogP contribution in [-0.2, 0) is 11.8 Å². The number of rotatable bonds is 2. The molecule has 0 heterocycles. The molecule has 1 aromatic carbocycles. The summed E-state index contributed by atoms with van der Waals surface area (Å²) in [4.78, 5) is 8.99. The van der Waals surface area contributed by atoms with Gasteiger partial charge < -0.3 is 9.42 Å². The molecular weight excluding hydrogens is 217 g/mol. The first-order chi connectivity index (χ1) is 5.47. The molecule has 66 valence electrons. The summed E-state index contributed by atoms with van der Waals surface area (Å²) in [6.07, 6.45) is 0. The second kappa shape index (κ2) is 3.73. The molecule has 1 rings (SSSR count). The Morgan fingerprint density at radius 2 is 1.92 bits per heavy atom. The maximum absolute atomic E-state index is 8.99. The fraction of sp³-hybridized carbons (Fsp3) is 0. The Bertz CT molecular complexity index is 310. The van der Waals surface area contributed by atoms with E-state index in [-0.39, 0.29) is 0 Å². The first-order valence-corrected chi connectivity index (χ1v) is 6.16. The minimum atomic E-state index is -3.11. The molecule has 0 aliphatic rings. The summed E-state index contributed by atoms with van der Waals surface area (Å²) in [5, 5.41) is 0.589. The maximum Gasteiger partial charge on any atom is 0.307 e. The molecule has 6 heteroatoms. The minimum Gasteiger partial charge on any atom is -0.433 e. The number of nitrogens with two attached hydrogens (primary N) is 1. The second-order valence-electron chi connectivity index (χ2n) is 2.11. The maximum atomic E-state index is 8.99. The minimum absolute atomic E-state index is 0.424. The van der Waals surface area contributed by atoms with E-state index in [9.17, 15) is 0 Å². The average molecular weight is 224 g/mol. The zero-order chi connectivity index (χ0) is 9.19. The van der Waals surface area contributed by atoms with Crippen molar-refractivity contribution in [2.24, 2.45) is 5.50 Å². The van der Waals surface area contributed by atoms with Crippen molar-refractivity contribution in [3.63, 3.8) is 0 Å². The quantitative estimate of drug-likeness (QED) is 0.752. The van der Waals surface area contributed by atoms with Gasteiger partial charge in [0.15, 0.2) is 0 Å². The van der Waals surface area contributed by atoms with Gasteiger partial charge >= 0.3 is 6.64 Å². The molecule has 0 bridgehead atoms. The van der Waals surface area contributed by atoms with E-state index in [2.05, 4.69) is 11.8 Å². The number of benzene rings is 1. The van der Waals surface area contributed by atoms with Gasteiger partial charge in [-0.3, -0.25) is 0 Å². The van der Waals surface area contributed by atoms with E-state index in [1.165, 1.54) is 0 Å². The molecule has 0 aliphatic carbocycles. The van der Waals surface area contributed by atoms with Crippen LogP contribution in [0.25, 0.3) is 0 Å². The lowest BCUT2D eigenvalue weighted by molar-refractivity contribution is 0.484. The lowest BCUT2D eigenvalue weighted by atomic mass is 10.3. The molecule has 0 amide bonds. The monoisotopic (exact) mass is 223 g/mol. The SMILES string of the molecule is NP(O)(=S)Oc1ccc(Cl)cc1. The first-order valence-electron chi connectivity index (χ1n) is 3.04. The Labute approximate surface area is 80.3 Å². The summed E-state index contributed by atoms with van der Waals surface area (Å²) < 4.78 is 4.86. The molecule has 0 saturated carbocycles. The molecule has 1 unspecified atom stereocenters. The summed E-state index contributed by atoms with van der Waals surface area (Å²) in [5.74, 6) is 0.424. The van der Waals surface area contributed by atoms with Gasteiger partial charge in [-0.1, -0.05) is 11.6 Å². The van der Waals surface area contributed by atoms with Crippen LogP contribution in [0.3, 0.4) is 0 Å². The average Bonchev–Trinajstić information content (AvgIpc) is 1.91. The fourth-order valence-electron chi connectivity index (χ4n) is 0.646. The molecule has 1 aromatic rings. The van der Waals surface area contributed by atoms with Crippen LogP contribution < -0.4 is 10.0 Å². The van der Waals surface area contributed by atoms with Gasteiger partial charge in [-0.15, -0.1) is 0 Å². The lowest BCUT2D eigenvalue weighted by Gasteiger charge is -2.10. The van der Waals surface area contributed by atoms with E-state index in [4.69, 9.17) is 26.5 Å². The topological polar surface area (TPSA) is 55.5 Å². The highest BCUT2D eigenvalue weighted by atomic mass is 35.5. The van der Waals surface area contributed by atoms with E-state index >= 15 is 0 Å². The summed E-state index contributed by atoms with van der Waals surface area (Å²) in [6, 6.07) is 6.43. The molecule has 0 aromatic heterocycles. The Hall–Kier alpha value is -0.120. The van der Waals surface area contributed by atoms with Crippen molar-refractivity contribution in [2.45, 2.75) is 0 Å². The van der Waals surface area contributed by atoms with Gasteiger partial charge in [0.1, 0.15) is 5.75 Å². The fourth-order valence-corrected chi connectivity index (χ4v) is 1.45. The zero-order valence-corrected chi connectivity index (χ0v) is 8.44. The molecule has 0 aliphatic heterocycles. The Morgan fingerprint density at radius 1 is 1.42 bits per heavy atom. The molecule has 1 atom stereocenters. The van der Waals surface area contributed by atoms with Crippen molar-refractivity contribution in [2.75, 3.05) is 0 Å². The lowest BCUT2D eigenvalue weighted by Crippen LogP contribution is -1.99. The molecular formula is C6H7ClNO2PS. The highest BCUT2D eigenvalue weighted by molar-refractivity contribution is 8.08. The van der Waals surface area contributed by atoms with Gasteiger partial charge in [-0.25, -0.2) is 5.50 Å². The molecule has 0 spiro atoms. The number of hydrogen-bond donors (Lipinski definition) is 2. The van der Waals surface area contributed by atoms with Gasteiger partial charge in [0.2, 0.25) is 0 Å². The van der Waals surface area contributed by atoms with Crippen LogP contribution in [-0.4, -0.2) is 4.89 Å². The van der Waals surface area contributed by atoms with Crippen LogP contribution in [0.5, 0.6) is 5.75 Å². The van der Waals surface area contributed by atoms with Gasteiger partial charge in [0.05, 0.1) is 0 Å². The first kappa shape index (κ1) is 9.96. The van der Waals surface area contributed by atoms with Crippen LogP contribution in [0.1, 0.15) is 0 Å². The van der Waals surface area contributed by atoms with Crippen LogP contribution in [0.15, 0.2) is 24.3 Å².